The van der Waals surface area contributed by atoms with Gasteiger partial charge in [0.1, 0.15) is 61.5 Å². The second-order valence-corrected chi connectivity index (χ2v) is 7.37. The molecule has 0 aromatic carbocycles. The normalized spacial score (nSPS) is 41.9. The molecule has 0 unspecified atom stereocenters. The van der Waals surface area contributed by atoms with E-state index in [1.165, 1.54) is 6.92 Å². The second-order valence-electron chi connectivity index (χ2n) is 7.37. The van der Waals surface area contributed by atoms with E-state index in [4.69, 9.17) is 34.6 Å². The number of carbonyl (C=O) groups excluding carboxylic acids is 1. The SMILES string of the molecule is C[C@@H]1O[C@@H](OC[C@H]2O[C@@H](O)[C@H](O)[C@@H](O)[C@@H]2O)[C@H](O)[C@H](O)[C@H]1O.O=C(CO)[C@H](O)[C@H](O)CO. The number of aliphatic hydroxyl groups is 11. The molecule has 0 radical (unpaired) electrons. The lowest BCUT2D eigenvalue weighted by Crippen LogP contribution is -2.60. The predicted octanol–water partition coefficient (Wildman–Crippen LogP) is -7.11. The second kappa shape index (κ2) is 13.1. The van der Waals surface area contributed by atoms with E-state index in [9.17, 15) is 40.5 Å². The minimum absolute atomic E-state index is 0.390. The first-order valence-electron chi connectivity index (χ1n) is 9.66. The molecule has 32 heavy (non-hydrogen) atoms. The lowest BCUT2D eigenvalue weighted by Gasteiger charge is -2.41. The zero-order chi connectivity index (χ0) is 24.7. The van der Waals surface area contributed by atoms with Crippen LogP contribution in [0, 0.1) is 0 Å². The number of ether oxygens (including phenoxy) is 3. The van der Waals surface area contributed by atoms with Crippen LogP contribution in [-0.4, -0.2) is 155 Å². The van der Waals surface area contributed by atoms with Gasteiger partial charge in [0.05, 0.1) is 19.3 Å². The summed E-state index contributed by atoms with van der Waals surface area (Å²) in [5.74, 6) is -0.901. The summed E-state index contributed by atoms with van der Waals surface area (Å²) in [6.07, 6.45) is -17.2. The molecule has 2 aliphatic rings. The van der Waals surface area contributed by atoms with Crippen molar-refractivity contribution in [2.24, 2.45) is 0 Å². The van der Waals surface area contributed by atoms with E-state index in [0.29, 0.717) is 0 Å². The van der Waals surface area contributed by atoms with Crippen molar-refractivity contribution in [3.8, 4) is 0 Å². The maximum Gasteiger partial charge on any atom is 0.189 e. The van der Waals surface area contributed by atoms with Crippen LogP contribution in [0.25, 0.3) is 0 Å². The van der Waals surface area contributed by atoms with E-state index < -0.39 is 92.6 Å². The average Bonchev–Trinajstić information content (AvgIpc) is 2.79. The Morgan fingerprint density at radius 2 is 1.41 bits per heavy atom. The topological polar surface area (TPSA) is 267 Å². The van der Waals surface area contributed by atoms with Gasteiger partial charge in [-0.05, 0) is 6.92 Å². The summed E-state index contributed by atoms with van der Waals surface area (Å²) in [6, 6.07) is 0. The molecule has 190 valence electrons. The Labute approximate surface area is 182 Å². The van der Waals surface area contributed by atoms with Gasteiger partial charge >= 0.3 is 0 Å². The smallest absolute Gasteiger partial charge is 0.189 e. The molecular weight excluding hydrogens is 444 g/mol. The van der Waals surface area contributed by atoms with E-state index in [2.05, 4.69) is 0 Å². The molecule has 0 spiro atoms. The van der Waals surface area contributed by atoms with Gasteiger partial charge in [-0.15, -0.1) is 0 Å². The summed E-state index contributed by atoms with van der Waals surface area (Å²) in [6.45, 7) is -0.448. The molecule has 0 bridgehead atoms. The number of Topliss-reactive ketones (excluding diaryl/α,β-unsaturated/α-hetero) is 1. The molecule has 2 saturated heterocycles. The number of aliphatic hydroxyl groups excluding tert-OH is 11. The van der Waals surface area contributed by atoms with E-state index in [1.54, 1.807) is 0 Å². The number of hydrogen-bond acceptors (Lipinski definition) is 15. The molecule has 0 aromatic rings. The highest BCUT2D eigenvalue weighted by Crippen LogP contribution is 2.24. The Morgan fingerprint density at radius 3 is 1.94 bits per heavy atom. The summed E-state index contributed by atoms with van der Waals surface area (Å²) in [5, 5.41) is 101. The van der Waals surface area contributed by atoms with Crippen LogP contribution < -0.4 is 0 Å². The van der Waals surface area contributed by atoms with Gasteiger partial charge in [-0.1, -0.05) is 0 Å². The largest absolute Gasteiger partial charge is 0.394 e. The molecule has 2 aliphatic heterocycles. The molecule has 12 atom stereocenters. The van der Waals surface area contributed by atoms with E-state index in [0.717, 1.165) is 0 Å². The van der Waals surface area contributed by atoms with Crippen LogP contribution in [0.2, 0.25) is 0 Å². The summed E-state index contributed by atoms with van der Waals surface area (Å²) >= 11 is 0. The third kappa shape index (κ3) is 7.31. The average molecular weight is 476 g/mol. The lowest BCUT2D eigenvalue weighted by atomic mass is 9.99. The first kappa shape index (κ1) is 29.1. The van der Waals surface area contributed by atoms with Crippen molar-refractivity contribution in [3.05, 3.63) is 0 Å². The van der Waals surface area contributed by atoms with Gasteiger partial charge in [0, 0.05) is 0 Å². The molecule has 15 nitrogen and oxygen atoms in total. The van der Waals surface area contributed by atoms with Crippen LogP contribution in [0.15, 0.2) is 0 Å². The van der Waals surface area contributed by atoms with E-state index in [-0.39, 0.29) is 6.61 Å². The minimum atomic E-state index is -1.70. The van der Waals surface area contributed by atoms with Crippen LogP contribution in [0.4, 0.5) is 0 Å². The third-order valence-electron chi connectivity index (χ3n) is 4.96. The van der Waals surface area contributed by atoms with Crippen molar-refractivity contribution in [1.29, 1.82) is 0 Å². The Hall–Kier alpha value is -0.890. The Morgan fingerprint density at radius 1 is 0.844 bits per heavy atom. The van der Waals surface area contributed by atoms with Gasteiger partial charge in [0.25, 0.3) is 0 Å². The number of hydrogen-bond donors (Lipinski definition) is 11. The molecular formula is C17H32O15. The highest BCUT2D eigenvalue weighted by Gasteiger charge is 2.46. The van der Waals surface area contributed by atoms with Gasteiger partial charge < -0.3 is 70.4 Å². The lowest BCUT2D eigenvalue weighted by molar-refractivity contribution is -0.322. The molecule has 0 saturated carbocycles. The fourth-order valence-electron chi connectivity index (χ4n) is 2.82. The summed E-state index contributed by atoms with van der Waals surface area (Å²) in [4.78, 5) is 10.3. The van der Waals surface area contributed by atoms with Crippen molar-refractivity contribution >= 4 is 5.78 Å². The van der Waals surface area contributed by atoms with Crippen LogP contribution in [0.1, 0.15) is 6.92 Å². The highest BCUT2D eigenvalue weighted by atomic mass is 16.7. The maximum absolute atomic E-state index is 10.3. The van der Waals surface area contributed by atoms with Gasteiger partial charge in [-0.2, -0.15) is 0 Å². The van der Waals surface area contributed by atoms with Crippen molar-refractivity contribution < 1.29 is 75.2 Å². The van der Waals surface area contributed by atoms with Crippen LogP contribution >= 0.6 is 0 Å². The summed E-state index contributed by atoms with van der Waals surface area (Å²) in [7, 11) is 0. The molecule has 2 heterocycles. The predicted molar refractivity (Wildman–Crippen MR) is 98.4 cm³/mol. The zero-order valence-corrected chi connectivity index (χ0v) is 17.1. The first-order chi connectivity index (χ1) is 14.9. The summed E-state index contributed by atoms with van der Waals surface area (Å²) in [5.41, 5.74) is 0. The van der Waals surface area contributed by atoms with Crippen LogP contribution in [0.5, 0.6) is 0 Å². The Bertz CT molecular complexity index is 530. The van der Waals surface area contributed by atoms with Crippen LogP contribution in [-0.2, 0) is 19.0 Å². The van der Waals surface area contributed by atoms with Gasteiger partial charge in [-0.25, -0.2) is 0 Å². The van der Waals surface area contributed by atoms with E-state index in [1.807, 2.05) is 0 Å². The van der Waals surface area contributed by atoms with Gasteiger partial charge in [-0.3, -0.25) is 4.79 Å². The maximum atomic E-state index is 10.3. The number of carbonyl (C=O) groups is 1. The first-order valence-corrected chi connectivity index (χ1v) is 9.66. The Balaban J connectivity index is 0.000000433. The molecule has 2 rings (SSSR count). The fourth-order valence-corrected chi connectivity index (χ4v) is 2.82. The number of rotatable bonds is 7. The minimum Gasteiger partial charge on any atom is -0.394 e. The quantitative estimate of drug-likeness (QED) is 0.163. The fraction of sp³-hybridized carbons (Fsp3) is 0.941. The highest BCUT2D eigenvalue weighted by molar-refractivity contribution is 5.84. The van der Waals surface area contributed by atoms with Gasteiger partial charge in [0.2, 0.25) is 0 Å². The molecule has 11 N–H and O–H groups in total. The molecule has 2 fully saturated rings. The van der Waals surface area contributed by atoms with Crippen molar-refractivity contribution in [2.45, 2.75) is 80.5 Å². The molecule has 0 aliphatic carbocycles. The monoisotopic (exact) mass is 476 g/mol. The van der Waals surface area contributed by atoms with Crippen molar-refractivity contribution in [3.63, 3.8) is 0 Å². The molecule has 0 amide bonds. The van der Waals surface area contributed by atoms with E-state index >= 15 is 0 Å². The van der Waals surface area contributed by atoms with Gasteiger partial charge in [0.15, 0.2) is 18.4 Å². The molecule has 15 heteroatoms. The molecule has 0 aromatic heterocycles. The third-order valence-corrected chi connectivity index (χ3v) is 4.96. The Kier molecular flexibility index (Phi) is 11.9. The van der Waals surface area contributed by atoms with Crippen LogP contribution in [0.3, 0.4) is 0 Å². The van der Waals surface area contributed by atoms with Crippen molar-refractivity contribution in [1.82, 2.24) is 0 Å². The standard InChI is InChI=1S/C12H22O10.C5H10O5/c1-3-5(13)7(15)10(18)12(21-3)20-2-4-6(14)8(16)9(17)11(19)22-4;6-1-3(8)5(10)4(9)2-7/h3-19H,2H2,1H3;3,5-8,10H,1-2H2/t3-,4+,5-,6+,7+,8-,9+,10+,11+,12+;3-,5-/m01/s1. The summed E-state index contributed by atoms with van der Waals surface area (Å²) < 4.78 is 15.3. The van der Waals surface area contributed by atoms with Crippen molar-refractivity contribution in [2.75, 3.05) is 19.8 Å². The zero-order valence-electron chi connectivity index (χ0n) is 17.1. The number of ketones is 1.